The molecule has 30 heavy (non-hydrogen) atoms. The largest absolute Gasteiger partial charge is 0.450 e. The van der Waals surface area contributed by atoms with Gasteiger partial charge in [-0.1, -0.05) is 41.0 Å². The molecule has 0 atom stereocenters. The van der Waals surface area contributed by atoms with Gasteiger partial charge in [0.15, 0.2) is 5.09 Å². The topological polar surface area (TPSA) is 50.5 Å². The lowest BCUT2D eigenvalue weighted by Gasteiger charge is -2.14. The van der Waals surface area contributed by atoms with Gasteiger partial charge in [0, 0.05) is 26.6 Å². The molecule has 0 N–H and O–H groups in total. The van der Waals surface area contributed by atoms with E-state index in [9.17, 15) is 14.0 Å². The molecule has 4 rings (SSSR count). The van der Waals surface area contributed by atoms with Crippen molar-refractivity contribution in [2.45, 2.75) is 16.5 Å². The van der Waals surface area contributed by atoms with Gasteiger partial charge in [0.25, 0.3) is 11.1 Å². The summed E-state index contributed by atoms with van der Waals surface area (Å²) in [5.41, 5.74) is 0.0994. The molecule has 0 bridgehead atoms. The third kappa shape index (κ3) is 4.59. The fourth-order valence-electron chi connectivity index (χ4n) is 2.69. The van der Waals surface area contributed by atoms with Crippen molar-refractivity contribution in [3.63, 3.8) is 0 Å². The molecule has 1 aliphatic heterocycles. The highest BCUT2D eigenvalue weighted by molar-refractivity contribution is 8.18. The van der Waals surface area contributed by atoms with Crippen LogP contribution < -0.4 is 0 Å². The van der Waals surface area contributed by atoms with Gasteiger partial charge >= 0.3 is 0 Å². The van der Waals surface area contributed by atoms with Crippen LogP contribution in [0, 0.1) is 5.82 Å². The van der Waals surface area contributed by atoms with Crippen molar-refractivity contribution in [1.29, 1.82) is 0 Å². The summed E-state index contributed by atoms with van der Waals surface area (Å²) in [7, 11) is 0. The van der Waals surface area contributed by atoms with E-state index in [1.165, 1.54) is 36.0 Å². The molecule has 152 valence electrons. The maximum atomic E-state index is 14.0. The third-order valence-corrected chi connectivity index (χ3v) is 6.60. The van der Waals surface area contributed by atoms with Crippen LogP contribution in [-0.2, 0) is 11.3 Å². The van der Waals surface area contributed by atoms with Crippen LogP contribution in [0.4, 0.5) is 9.18 Å². The number of halogens is 3. The Morgan fingerprint density at radius 3 is 2.57 bits per heavy atom. The van der Waals surface area contributed by atoms with Gasteiger partial charge in [-0.3, -0.25) is 14.5 Å². The molecule has 4 nitrogen and oxygen atoms in total. The molecule has 2 heterocycles. The Hall–Kier alpha value is -2.19. The lowest BCUT2D eigenvalue weighted by Crippen LogP contribution is -2.28. The van der Waals surface area contributed by atoms with Crippen molar-refractivity contribution in [3.8, 4) is 0 Å². The van der Waals surface area contributed by atoms with E-state index in [0.29, 0.717) is 15.9 Å². The Labute approximate surface area is 190 Å². The molecule has 1 fully saturated rings. The molecular formula is C21H12Cl2FNO3S2. The van der Waals surface area contributed by atoms with Gasteiger partial charge < -0.3 is 4.42 Å². The Bertz CT molecular complexity index is 1140. The first-order chi connectivity index (χ1) is 14.4. The lowest BCUT2D eigenvalue weighted by atomic mass is 10.2. The van der Waals surface area contributed by atoms with Gasteiger partial charge in [0.1, 0.15) is 11.6 Å². The number of nitrogens with zero attached hydrogens (tertiary/aromatic N) is 1. The predicted octanol–water partition coefficient (Wildman–Crippen LogP) is 7.11. The van der Waals surface area contributed by atoms with Crippen LogP contribution >= 0.6 is 46.7 Å². The molecule has 1 saturated heterocycles. The van der Waals surface area contributed by atoms with E-state index < -0.39 is 17.0 Å². The molecule has 1 aliphatic rings. The van der Waals surface area contributed by atoms with Gasteiger partial charge in [-0.2, -0.15) is 0 Å². The quantitative estimate of drug-likeness (QED) is 0.364. The molecule has 0 radical (unpaired) electrons. The van der Waals surface area contributed by atoms with Crippen LogP contribution in [0.3, 0.4) is 0 Å². The smallest absolute Gasteiger partial charge is 0.293 e. The fourth-order valence-corrected chi connectivity index (χ4v) is 4.64. The molecule has 3 aromatic rings. The van der Waals surface area contributed by atoms with E-state index in [4.69, 9.17) is 27.6 Å². The minimum absolute atomic E-state index is 0.0994. The summed E-state index contributed by atoms with van der Waals surface area (Å²) in [5.74, 6) is -0.658. The zero-order chi connectivity index (χ0) is 21.3. The Morgan fingerprint density at radius 1 is 1.07 bits per heavy atom. The number of carbonyl (C=O) groups excluding carboxylic acids is 2. The molecule has 0 unspecified atom stereocenters. The van der Waals surface area contributed by atoms with Gasteiger partial charge in [0.2, 0.25) is 0 Å². The number of imide groups is 1. The molecule has 0 saturated carbocycles. The van der Waals surface area contributed by atoms with Crippen molar-refractivity contribution < 1.29 is 18.4 Å². The van der Waals surface area contributed by atoms with Crippen molar-refractivity contribution in [2.24, 2.45) is 0 Å². The fraction of sp³-hybridized carbons (Fsp3) is 0.0476. The van der Waals surface area contributed by atoms with Gasteiger partial charge in [-0.25, -0.2) is 4.39 Å². The van der Waals surface area contributed by atoms with Crippen LogP contribution in [0.1, 0.15) is 11.3 Å². The first-order valence-corrected chi connectivity index (χ1v) is 11.0. The second kappa shape index (κ2) is 8.89. The third-order valence-electron chi connectivity index (χ3n) is 4.16. The first kappa shape index (κ1) is 21.1. The number of benzene rings is 2. The second-order valence-corrected chi connectivity index (χ2v) is 9.10. The average Bonchev–Trinajstić information content (AvgIpc) is 3.25. The minimum atomic E-state index is -0.569. The number of thioether (sulfide) groups is 1. The van der Waals surface area contributed by atoms with Crippen LogP contribution in [0.25, 0.3) is 6.08 Å². The van der Waals surface area contributed by atoms with Crippen LogP contribution in [0.5, 0.6) is 0 Å². The Balaban J connectivity index is 1.49. The summed E-state index contributed by atoms with van der Waals surface area (Å²) in [5, 5.41) is 0.939. The van der Waals surface area contributed by atoms with E-state index in [-0.39, 0.29) is 22.0 Å². The van der Waals surface area contributed by atoms with E-state index in [1.54, 1.807) is 24.3 Å². The molecule has 0 aliphatic carbocycles. The highest BCUT2D eigenvalue weighted by Gasteiger charge is 2.36. The maximum absolute atomic E-state index is 14.0. The summed E-state index contributed by atoms with van der Waals surface area (Å²) < 4.78 is 19.8. The van der Waals surface area contributed by atoms with Gasteiger partial charge in [0.05, 0.1) is 11.4 Å². The van der Waals surface area contributed by atoms with Crippen LogP contribution in [-0.4, -0.2) is 16.0 Å². The van der Waals surface area contributed by atoms with Crippen molar-refractivity contribution in [1.82, 2.24) is 4.90 Å². The molecule has 0 spiro atoms. The van der Waals surface area contributed by atoms with Crippen LogP contribution in [0.2, 0.25) is 10.0 Å². The van der Waals surface area contributed by atoms with E-state index in [1.807, 2.05) is 12.1 Å². The second-order valence-electron chi connectivity index (χ2n) is 6.18. The highest BCUT2D eigenvalue weighted by atomic mass is 35.5. The number of furan rings is 1. The Kier molecular flexibility index (Phi) is 6.24. The summed E-state index contributed by atoms with van der Waals surface area (Å²) in [4.78, 5) is 27.1. The molecular weight excluding hydrogens is 468 g/mol. The number of carbonyl (C=O) groups is 2. The lowest BCUT2D eigenvalue weighted by molar-refractivity contribution is -0.123. The molecule has 9 heteroatoms. The monoisotopic (exact) mass is 479 g/mol. The Morgan fingerprint density at radius 2 is 1.83 bits per heavy atom. The van der Waals surface area contributed by atoms with E-state index in [2.05, 4.69) is 0 Å². The number of hydrogen-bond acceptors (Lipinski definition) is 5. The zero-order valence-corrected chi connectivity index (χ0v) is 18.2. The zero-order valence-electron chi connectivity index (χ0n) is 15.1. The number of rotatable bonds is 5. The standard InChI is InChI=1S/C21H12Cl2FNO3S2/c22-12-4-7-14(8-5-12)29-19-9-6-13(28-19)10-18-20(26)25(21(27)30-18)11-15-16(23)2-1-3-17(15)24/h1-10H,11H2/b18-10-. The minimum Gasteiger partial charge on any atom is -0.450 e. The van der Waals surface area contributed by atoms with Crippen molar-refractivity contribution in [3.05, 3.63) is 86.7 Å². The SMILES string of the molecule is O=C1S/C(=C\c2ccc(Sc3ccc(Cl)cc3)o2)C(=O)N1Cc1c(F)cccc1Cl. The normalized spacial score (nSPS) is 15.4. The number of hydrogen-bond donors (Lipinski definition) is 0. The maximum Gasteiger partial charge on any atom is 0.293 e. The summed E-state index contributed by atoms with van der Waals surface area (Å²) >= 11 is 14.1. The number of amides is 2. The van der Waals surface area contributed by atoms with Gasteiger partial charge in [-0.15, -0.1) is 0 Å². The summed E-state index contributed by atoms with van der Waals surface area (Å²) in [6, 6.07) is 15.0. The van der Waals surface area contributed by atoms with E-state index >= 15 is 0 Å². The van der Waals surface area contributed by atoms with Crippen molar-refractivity contribution in [2.75, 3.05) is 0 Å². The van der Waals surface area contributed by atoms with Crippen LogP contribution in [0.15, 0.2) is 73.9 Å². The van der Waals surface area contributed by atoms with Gasteiger partial charge in [-0.05, 0) is 60.3 Å². The first-order valence-electron chi connectivity index (χ1n) is 8.62. The summed E-state index contributed by atoms with van der Waals surface area (Å²) in [6.45, 7) is -0.233. The molecule has 2 amide bonds. The van der Waals surface area contributed by atoms with Crippen molar-refractivity contribution >= 4 is 63.9 Å². The predicted molar refractivity (Wildman–Crippen MR) is 117 cm³/mol. The molecule has 2 aromatic carbocycles. The van der Waals surface area contributed by atoms with E-state index in [0.717, 1.165) is 21.6 Å². The average molecular weight is 480 g/mol. The molecule has 1 aromatic heterocycles. The highest BCUT2D eigenvalue weighted by Crippen LogP contribution is 2.36. The summed E-state index contributed by atoms with van der Waals surface area (Å²) in [6.07, 6.45) is 1.50.